The van der Waals surface area contributed by atoms with Crippen molar-refractivity contribution < 1.29 is 19.1 Å². The first-order valence-electron chi connectivity index (χ1n) is 5.35. The largest absolute Gasteiger partial charge is 0.465 e. The lowest BCUT2D eigenvalue weighted by molar-refractivity contribution is -0.140. The van der Waals surface area contributed by atoms with Crippen LogP contribution in [0.15, 0.2) is 24.3 Å². The maximum Gasteiger partial charge on any atom is 0.302 e. The van der Waals surface area contributed by atoms with Crippen LogP contribution in [0.4, 0.5) is 0 Å². The van der Waals surface area contributed by atoms with E-state index in [4.69, 9.17) is 4.74 Å². The average molecular weight is 265 g/mol. The number of imide groups is 1. The molecule has 0 aromatic heterocycles. The lowest BCUT2D eigenvalue weighted by Crippen LogP contribution is -2.23. The molecule has 2 rings (SSSR count). The van der Waals surface area contributed by atoms with Crippen LogP contribution in [0.3, 0.4) is 0 Å². The number of hydrogen-bond acceptors (Lipinski definition) is 5. The molecule has 5 nitrogen and oxygen atoms in total. The summed E-state index contributed by atoms with van der Waals surface area (Å²) in [5.41, 5.74) is 0.838. The Bertz CT molecular complexity index is 480. The van der Waals surface area contributed by atoms with Crippen LogP contribution in [0.1, 0.15) is 27.6 Å². The zero-order valence-electron chi connectivity index (χ0n) is 9.71. The molecule has 0 bridgehead atoms. The van der Waals surface area contributed by atoms with E-state index in [0.717, 1.165) is 16.3 Å². The first kappa shape index (κ1) is 12.6. The van der Waals surface area contributed by atoms with Crippen molar-refractivity contribution in [2.45, 2.75) is 6.92 Å². The number of esters is 1. The third kappa shape index (κ3) is 2.38. The van der Waals surface area contributed by atoms with Gasteiger partial charge in [0.25, 0.3) is 11.8 Å². The van der Waals surface area contributed by atoms with Gasteiger partial charge in [0.1, 0.15) is 6.61 Å². The molecule has 1 aliphatic rings. The number of nitrogens with zero attached hydrogens (tertiary/aromatic N) is 1. The molecule has 0 aliphatic carbocycles. The highest BCUT2D eigenvalue weighted by atomic mass is 32.2. The first-order chi connectivity index (χ1) is 8.61. The Balaban J connectivity index is 1.99. The van der Waals surface area contributed by atoms with E-state index in [1.54, 1.807) is 24.3 Å². The molecule has 1 aromatic rings. The highest BCUT2D eigenvalue weighted by Crippen LogP contribution is 2.27. The normalized spacial score (nSPS) is 13.7. The van der Waals surface area contributed by atoms with Gasteiger partial charge in [-0.3, -0.25) is 14.4 Å². The summed E-state index contributed by atoms with van der Waals surface area (Å²) >= 11 is 1.06. The fourth-order valence-electron chi connectivity index (χ4n) is 1.60. The van der Waals surface area contributed by atoms with E-state index in [1.807, 2.05) is 0 Å². The fraction of sp³-hybridized carbons (Fsp3) is 0.250. The summed E-state index contributed by atoms with van der Waals surface area (Å²) in [7, 11) is 0. The molecule has 2 amide bonds. The van der Waals surface area contributed by atoms with Crippen LogP contribution in [-0.4, -0.2) is 34.4 Å². The average Bonchev–Trinajstić information content (AvgIpc) is 2.59. The second-order valence-electron chi connectivity index (χ2n) is 3.62. The topological polar surface area (TPSA) is 63.7 Å². The van der Waals surface area contributed by atoms with Crippen LogP contribution in [-0.2, 0) is 9.53 Å². The standard InChI is InChI=1S/C12H11NO4S/c1-8(14)17-6-7-18-13-11(15)9-4-2-3-5-10(9)12(13)16/h2-5H,6-7H2,1H3. The number of carbonyl (C=O) groups excluding carboxylic acids is 3. The van der Waals surface area contributed by atoms with Gasteiger partial charge in [0, 0.05) is 12.7 Å². The molecule has 0 N–H and O–H groups in total. The van der Waals surface area contributed by atoms with Gasteiger partial charge in [0.2, 0.25) is 0 Å². The SMILES string of the molecule is CC(=O)OCCSN1C(=O)c2ccccc2C1=O. The molecule has 6 heteroatoms. The van der Waals surface area contributed by atoms with Gasteiger partial charge < -0.3 is 4.74 Å². The zero-order chi connectivity index (χ0) is 13.1. The van der Waals surface area contributed by atoms with E-state index in [2.05, 4.69) is 0 Å². The zero-order valence-corrected chi connectivity index (χ0v) is 10.5. The summed E-state index contributed by atoms with van der Waals surface area (Å²) in [5.74, 6) is -0.643. The Hall–Kier alpha value is -1.82. The maximum absolute atomic E-state index is 11.9. The number of rotatable bonds is 4. The molecule has 1 aromatic carbocycles. The van der Waals surface area contributed by atoms with E-state index in [0.29, 0.717) is 16.9 Å². The number of hydrogen-bond donors (Lipinski definition) is 0. The van der Waals surface area contributed by atoms with Crippen LogP contribution in [0.25, 0.3) is 0 Å². The molecule has 0 fully saturated rings. The Kier molecular flexibility index (Phi) is 3.66. The molecule has 0 saturated heterocycles. The quantitative estimate of drug-likeness (QED) is 0.357. The van der Waals surface area contributed by atoms with Gasteiger partial charge in [0.05, 0.1) is 11.1 Å². The van der Waals surface area contributed by atoms with Crippen LogP contribution in [0.2, 0.25) is 0 Å². The first-order valence-corrected chi connectivity index (χ1v) is 6.29. The summed E-state index contributed by atoms with van der Waals surface area (Å²) in [5, 5.41) is 0. The van der Waals surface area contributed by atoms with Crippen molar-refractivity contribution in [2.24, 2.45) is 0 Å². The second-order valence-corrected chi connectivity index (χ2v) is 4.66. The Morgan fingerprint density at radius 1 is 1.22 bits per heavy atom. The Morgan fingerprint density at radius 3 is 2.28 bits per heavy atom. The highest BCUT2D eigenvalue weighted by Gasteiger charge is 2.35. The molecule has 1 heterocycles. The van der Waals surface area contributed by atoms with Crippen LogP contribution in [0.5, 0.6) is 0 Å². The van der Waals surface area contributed by atoms with E-state index in [1.165, 1.54) is 6.92 Å². The van der Waals surface area contributed by atoms with E-state index < -0.39 is 0 Å². The minimum atomic E-state index is -0.377. The Labute approximate surface area is 108 Å². The number of carbonyl (C=O) groups is 3. The minimum Gasteiger partial charge on any atom is -0.465 e. The van der Waals surface area contributed by atoms with Crippen LogP contribution >= 0.6 is 11.9 Å². The van der Waals surface area contributed by atoms with E-state index in [-0.39, 0.29) is 24.4 Å². The summed E-state index contributed by atoms with van der Waals surface area (Å²) < 4.78 is 5.85. The molecule has 0 radical (unpaired) electrons. The summed E-state index contributed by atoms with van der Waals surface area (Å²) in [6.45, 7) is 1.49. The maximum atomic E-state index is 11.9. The number of amides is 2. The molecule has 18 heavy (non-hydrogen) atoms. The fourth-order valence-corrected chi connectivity index (χ4v) is 2.37. The van der Waals surface area contributed by atoms with Gasteiger partial charge in [-0.05, 0) is 24.1 Å². The predicted molar refractivity (Wildman–Crippen MR) is 66.0 cm³/mol. The molecular formula is C12H11NO4S. The molecule has 94 valence electrons. The number of fused-ring (bicyclic) bond motifs is 1. The van der Waals surface area contributed by atoms with Gasteiger partial charge in [0.15, 0.2) is 0 Å². The predicted octanol–water partition coefficient (Wildman–Crippen LogP) is 1.49. The molecular weight excluding hydrogens is 254 g/mol. The lowest BCUT2D eigenvalue weighted by atomic mass is 10.1. The van der Waals surface area contributed by atoms with E-state index >= 15 is 0 Å². The molecule has 0 spiro atoms. The number of benzene rings is 1. The van der Waals surface area contributed by atoms with Crippen molar-refractivity contribution in [1.82, 2.24) is 4.31 Å². The Morgan fingerprint density at radius 2 is 1.78 bits per heavy atom. The molecule has 0 atom stereocenters. The third-order valence-corrected chi connectivity index (χ3v) is 3.30. The van der Waals surface area contributed by atoms with Gasteiger partial charge in [-0.1, -0.05) is 12.1 Å². The summed E-state index contributed by atoms with van der Waals surface area (Å²) in [6, 6.07) is 6.69. The monoisotopic (exact) mass is 265 g/mol. The smallest absolute Gasteiger partial charge is 0.302 e. The third-order valence-electron chi connectivity index (χ3n) is 2.37. The van der Waals surface area contributed by atoms with Crippen LogP contribution < -0.4 is 0 Å². The molecule has 0 unspecified atom stereocenters. The van der Waals surface area contributed by atoms with Gasteiger partial charge in [-0.25, -0.2) is 4.31 Å². The van der Waals surface area contributed by atoms with E-state index in [9.17, 15) is 14.4 Å². The van der Waals surface area contributed by atoms with Gasteiger partial charge in [-0.15, -0.1) is 0 Å². The highest BCUT2D eigenvalue weighted by molar-refractivity contribution is 7.98. The van der Waals surface area contributed by atoms with Crippen LogP contribution in [0, 0.1) is 0 Å². The minimum absolute atomic E-state index is 0.174. The lowest BCUT2D eigenvalue weighted by Gasteiger charge is -2.11. The van der Waals surface area contributed by atoms with Gasteiger partial charge >= 0.3 is 5.97 Å². The number of ether oxygens (including phenoxy) is 1. The van der Waals surface area contributed by atoms with Crippen molar-refractivity contribution in [1.29, 1.82) is 0 Å². The van der Waals surface area contributed by atoms with Crippen molar-refractivity contribution in [3.05, 3.63) is 35.4 Å². The van der Waals surface area contributed by atoms with Gasteiger partial charge in [-0.2, -0.15) is 0 Å². The molecule has 0 saturated carbocycles. The summed E-state index contributed by atoms with van der Waals surface area (Å²) in [4.78, 5) is 34.4. The second kappa shape index (κ2) is 5.22. The van der Waals surface area contributed by atoms with Crippen molar-refractivity contribution >= 4 is 29.7 Å². The van der Waals surface area contributed by atoms with Crippen molar-refractivity contribution in [3.8, 4) is 0 Å². The summed E-state index contributed by atoms with van der Waals surface area (Å²) in [6.07, 6.45) is 0. The van der Waals surface area contributed by atoms with Crippen molar-refractivity contribution in [2.75, 3.05) is 12.4 Å². The van der Waals surface area contributed by atoms with Crippen molar-refractivity contribution in [3.63, 3.8) is 0 Å². The molecule has 1 aliphatic heterocycles.